The summed E-state index contributed by atoms with van der Waals surface area (Å²) in [7, 11) is 0. The lowest BCUT2D eigenvalue weighted by Gasteiger charge is -2.00. The normalized spacial score (nSPS) is 10.2. The van der Waals surface area contributed by atoms with Crippen molar-refractivity contribution >= 4 is 16.9 Å². The van der Waals surface area contributed by atoms with E-state index in [0.717, 1.165) is 5.39 Å². The molecule has 1 aromatic carbocycles. The number of carbonyl (C=O) groups is 1. The van der Waals surface area contributed by atoms with Crippen LogP contribution < -0.4 is 5.11 Å². The van der Waals surface area contributed by atoms with Crippen LogP contribution in [0.5, 0.6) is 0 Å². The zero-order chi connectivity index (χ0) is 9.26. The number of hydrogen-bond donors (Lipinski definition) is 0. The highest BCUT2D eigenvalue weighted by Gasteiger charge is 1.98. The lowest BCUT2D eigenvalue weighted by atomic mass is 10.2. The van der Waals surface area contributed by atoms with Gasteiger partial charge in [0.05, 0.1) is 11.5 Å². The van der Waals surface area contributed by atoms with E-state index in [9.17, 15) is 9.90 Å². The third kappa shape index (κ3) is 1.33. The largest absolute Gasteiger partial charge is 0.543 e. The van der Waals surface area contributed by atoms with E-state index in [1.54, 1.807) is 12.1 Å². The number of hydrogen-bond acceptors (Lipinski definition) is 4. The molecule has 0 bridgehead atoms. The number of benzene rings is 1. The summed E-state index contributed by atoms with van der Waals surface area (Å²) >= 11 is 0. The Morgan fingerprint density at radius 1 is 1.23 bits per heavy atom. The van der Waals surface area contributed by atoms with Gasteiger partial charge in [0.1, 0.15) is 5.69 Å². The van der Waals surface area contributed by atoms with Crippen LogP contribution >= 0.6 is 0 Å². The van der Waals surface area contributed by atoms with E-state index in [2.05, 4.69) is 10.2 Å². The maximum Gasteiger partial charge on any atom is 0.109 e. The maximum atomic E-state index is 10.4. The molecule has 0 radical (unpaired) electrons. The van der Waals surface area contributed by atoms with Crippen molar-refractivity contribution < 1.29 is 9.90 Å². The van der Waals surface area contributed by atoms with Gasteiger partial charge in [-0.25, -0.2) is 0 Å². The fourth-order valence-electron chi connectivity index (χ4n) is 1.08. The first-order valence-corrected chi connectivity index (χ1v) is 3.71. The Kier molecular flexibility index (Phi) is 1.66. The van der Waals surface area contributed by atoms with Crippen molar-refractivity contribution in [2.45, 2.75) is 0 Å². The number of fused-ring (bicyclic) bond motifs is 1. The second kappa shape index (κ2) is 2.82. The smallest absolute Gasteiger partial charge is 0.109 e. The molecule has 13 heavy (non-hydrogen) atoms. The molecule has 1 aromatic heterocycles. The minimum atomic E-state index is -1.31. The highest BCUT2D eigenvalue weighted by Crippen LogP contribution is 2.09. The quantitative estimate of drug-likeness (QED) is 0.608. The first-order valence-electron chi connectivity index (χ1n) is 3.71. The first-order chi connectivity index (χ1) is 6.27. The Morgan fingerprint density at radius 3 is 2.77 bits per heavy atom. The zero-order valence-electron chi connectivity index (χ0n) is 6.60. The van der Waals surface area contributed by atoms with Crippen LogP contribution in [0.1, 0.15) is 10.5 Å². The molecule has 0 aliphatic heterocycles. The third-order valence-electron chi connectivity index (χ3n) is 1.70. The molecule has 0 aliphatic rings. The van der Waals surface area contributed by atoms with Gasteiger partial charge in [0.25, 0.3) is 0 Å². The fraction of sp³-hybridized carbons (Fsp3) is 0. The Labute approximate surface area is 73.8 Å². The number of carboxylic acid groups (broad SMARTS) is 1. The first kappa shape index (κ1) is 7.67. The van der Waals surface area contributed by atoms with Crippen LogP contribution in [0.3, 0.4) is 0 Å². The van der Waals surface area contributed by atoms with E-state index in [1.165, 1.54) is 6.07 Å². The summed E-state index contributed by atoms with van der Waals surface area (Å²) in [5.74, 6) is -1.31. The zero-order valence-corrected chi connectivity index (χ0v) is 6.60. The monoisotopic (exact) mass is 173 g/mol. The molecule has 2 aromatic rings. The molecule has 0 N–H and O–H groups in total. The molecular formula is C9H5N2O2-. The SMILES string of the molecule is O=C([O-])c1cc2ccccc2nn1. The summed E-state index contributed by atoms with van der Waals surface area (Å²) in [6.45, 7) is 0. The molecular weight excluding hydrogens is 168 g/mol. The Bertz CT molecular complexity index is 468. The average molecular weight is 173 g/mol. The van der Waals surface area contributed by atoms with Gasteiger partial charge in [-0.2, -0.15) is 0 Å². The Morgan fingerprint density at radius 2 is 2.00 bits per heavy atom. The summed E-state index contributed by atoms with van der Waals surface area (Å²) in [6.07, 6.45) is 0. The van der Waals surface area contributed by atoms with Crippen molar-refractivity contribution in [1.29, 1.82) is 0 Å². The van der Waals surface area contributed by atoms with Crippen LogP contribution in [-0.2, 0) is 0 Å². The van der Waals surface area contributed by atoms with E-state index < -0.39 is 5.97 Å². The Balaban J connectivity index is 2.69. The minimum Gasteiger partial charge on any atom is -0.543 e. The van der Waals surface area contributed by atoms with Crippen molar-refractivity contribution in [2.24, 2.45) is 0 Å². The van der Waals surface area contributed by atoms with Crippen molar-refractivity contribution in [3.63, 3.8) is 0 Å². The van der Waals surface area contributed by atoms with Crippen LogP contribution in [0, 0.1) is 0 Å². The van der Waals surface area contributed by atoms with Crippen LogP contribution in [0.15, 0.2) is 30.3 Å². The van der Waals surface area contributed by atoms with Crippen LogP contribution in [0.25, 0.3) is 10.9 Å². The molecule has 4 heteroatoms. The second-order valence-corrected chi connectivity index (χ2v) is 2.58. The van der Waals surface area contributed by atoms with E-state index in [1.807, 2.05) is 12.1 Å². The number of carboxylic acids is 1. The van der Waals surface area contributed by atoms with Gasteiger partial charge in [-0.15, -0.1) is 10.2 Å². The molecule has 0 saturated heterocycles. The van der Waals surface area contributed by atoms with Gasteiger partial charge in [0.2, 0.25) is 0 Å². The topological polar surface area (TPSA) is 65.9 Å². The van der Waals surface area contributed by atoms with Gasteiger partial charge in [-0.3, -0.25) is 0 Å². The standard InChI is InChI=1S/C9H6N2O2/c12-9(13)8-5-6-3-1-2-4-7(6)10-11-8/h1-5H,(H,12,13)/p-1. The molecule has 0 fully saturated rings. The highest BCUT2D eigenvalue weighted by atomic mass is 16.4. The molecule has 0 aliphatic carbocycles. The van der Waals surface area contributed by atoms with Gasteiger partial charge in [0, 0.05) is 5.39 Å². The molecule has 2 rings (SSSR count). The van der Waals surface area contributed by atoms with Crippen molar-refractivity contribution in [2.75, 3.05) is 0 Å². The van der Waals surface area contributed by atoms with Gasteiger partial charge in [-0.1, -0.05) is 18.2 Å². The predicted octanol–water partition coefficient (Wildman–Crippen LogP) is -0.00670. The summed E-state index contributed by atoms with van der Waals surface area (Å²) in [5.41, 5.74) is 0.534. The number of nitrogens with zero attached hydrogens (tertiary/aromatic N) is 2. The lowest BCUT2D eigenvalue weighted by Crippen LogP contribution is -2.23. The lowest BCUT2D eigenvalue weighted by molar-refractivity contribution is -0.255. The summed E-state index contributed by atoms with van der Waals surface area (Å²) in [6, 6.07) is 8.61. The average Bonchev–Trinajstić information content (AvgIpc) is 2.17. The maximum absolute atomic E-state index is 10.4. The van der Waals surface area contributed by atoms with E-state index in [-0.39, 0.29) is 5.69 Å². The summed E-state index contributed by atoms with van der Waals surface area (Å²) in [4.78, 5) is 10.4. The molecule has 64 valence electrons. The molecule has 0 atom stereocenters. The number of aromatic nitrogens is 2. The molecule has 0 saturated carbocycles. The summed E-state index contributed by atoms with van der Waals surface area (Å²) < 4.78 is 0. The van der Waals surface area contributed by atoms with E-state index in [4.69, 9.17) is 0 Å². The second-order valence-electron chi connectivity index (χ2n) is 2.58. The predicted molar refractivity (Wildman–Crippen MR) is 43.9 cm³/mol. The molecule has 0 amide bonds. The summed E-state index contributed by atoms with van der Waals surface area (Å²) in [5, 5.41) is 18.4. The number of rotatable bonds is 1. The fourth-order valence-corrected chi connectivity index (χ4v) is 1.08. The van der Waals surface area contributed by atoms with E-state index >= 15 is 0 Å². The third-order valence-corrected chi connectivity index (χ3v) is 1.70. The highest BCUT2D eigenvalue weighted by molar-refractivity contribution is 5.88. The Hall–Kier alpha value is -1.97. The van der Waals surface area contributed by atoms with Gasteiger partial charge in [0.15, 0.2) is 0 Å². The molecule has 0 spiro atoms. The molecule has 4 nitrogen and oxygen atoms in total. The number of aromatic carboxylic acids is 1. The van der Waals surface area contributed by atoms with Crippen molar-refractivity contribution in [1.82, 2.24) is 10.2 Å². The minimum absolute atomic E-state index is 0.140. The van der Waals surface area contributed by atoms with Crippen molar-refractivity contribution in [3.8, 4) is 0 Å². The van der Waals surface area contributed by atoms with Crippen molar-refractivity contribution in [3.05, 3.63) is 36.0 Å². The van der Waals surface area contributed by atoms with Gasteiger partial charge >= 0.3 is 0 Å². The molecule has 0 unspecified atom stereocenters. The number of carbonyl (C=O) groups excluding carboxylic acids is 1. The van der Waals surface area contributed by atoms with Crippen LogP contribution in [0.2, 0.25) is 0 Å². The van der Waals surface area contributed by atoms with Gasteiger partial charge < -0.3 is 9.90 Å². The molecule has 1 heterocycles. The van der Waals surface area contributed by atoms with Crippen LogP contribution in [0.4, 0.5) is 0 Å². The van der Waals surface area contributed by atoms with E-state index in [0.29, 0.717) is 5.52 Å². The van der Waals surface area contributed by atoms with Gasteiger partial charge in [-0.05, 0) is 12.1 Å². The van der Waals surface area contributed by atoms with Crippen LogP contribution in [-0.4, -0.2) is 16.2 Å².